The van der Waals surface area contributed by atoms with E-state index in [1.54, 1.807) is 5.94 Å². The van der Waals surface area contributed by atoms with Crippen LogP contribution in [0.2, 0.25) is 0 Å². The SMILES string of the molecule is Cc1csc(C=C=O)n1. The summed E-state index contributed by atoms with van der Waals surface area (Å²) in [7, 11) is 0. The average molecular weight is 139 g/mol. The monoisotopic (exact) mass is 139 g/mol. The fourth-order valence-electron chi connectivity index (χ4n) is 0.489. The molecule has 0 fully saturated rings. The molecule has 2 nitrogen and oxygen atoms in total. The molecule has 0 amide bonds. The van der Waals surface area contributed by atoms with E-state index >= 15 is 0 Å². The first-order valence-electron chi connectivity index (χ1n) is 2.46. The van der Waals surface area contributed by atoms with Crippen LogP contribution in [0, 0.1) is 6.92 Å². The number of hydrogen-bond acceptors (Lipinski definition) is 3. The van der Waals surface area contributed by atoms with E-state index in [9.17, 15) is 4.79 Å². The lowest BCUT2D eigenvalue weighted by Crippen LogP contribution is -1.69. The summed E-state index contributed by atoms with van der Waals surface area (Å²) in [6, 6.07) is 0. The van der Waals surface area contributed by atoms with E-state index < -0.39 is 0 Å². The highest BCUT2D eigenvalue weighted by Crippen LogP contribution is 2.08. The molecule has 0 bridgehead atoms. The summed E-state index contributed by atoms with van der Waals surface area (Å²) in [6.07, 6.45) is 1.33. The molecule has 0 aliphatic carbocycles. The second-order valence-electron chi connectivity index (χ2n) is 1.59. The summed E-state index contributed by atoms with van der Waals surface area (Å²) in [5.41, 5.74) is 0.946. The molecule has 1 rings (SSSR count). The molecule has 46 valence electrons. The van der Waals surface area contributed by atoms with Gasteiger partial charge in [0.25, 0.3) is 0 Å². The van der Waals surface area contributed by atoms with Crippen LogP contribution < -0.4 is 0 Å². The molecule has 9 heavy (non-hydrogen) atoms. The minimum absolute atomic E-state index is 0.725. The number of nitrogens with zero attached hydrogens (tertiary/aromatic N) is 1. The summed E-state index contributed by atoms with van der Waals surface area (Å²) >= 11 is 1.44. The van der Waals surface area contributed by atoms with Crippen molar-refractivity contribution in [1.82, 2.24) is 4.98 Å². The smallest absolute Gasteiger partial charge is 0.127 e. The molecule has 0 radical (unpaired) electrons. The van der Waals surface area contributed by atoms with Gasteiger partial charge in [0, 0.05) is 11.1 Å². The van der Waals surface area contributed by atoms with Gasteiger partial charge in [-0.25, -0.2) is 9.78 Å². The first kappa shape index (κ1) is 6.20. The molecular formula is C6H5NOS. The average Bonchev–Trinajstić information content (AvgIpc) is 2.17. The fraction of sp³-hybridized carbons (Fsp3) is 0.167. The number of aromatic nitrogens is 1. The molecule has 0 aliphatic rings. The molecule has 1 aromatic rings. The Morgan fingerprint density at radius 1 is 1.89 bits per heavy atom. The fourth-order valence-corrected chi connectivity index (χ4v) is 1.15. The maximum Gasteiger partial charge on any atom is 0.127 e. The van der Waals surface area contributed by atoms with Crippen LogP contribution in [0.3, 0.4) is 0 Å². The van der Waals surface area contributed by atoms with Gasteiger partial charge in [-0.2, -0.15) is 0 Å². The van der Waals surface area contributed by atoms with E-state index in [4.69, 9.17) is 0 Å². The molecule has 3 heteroatoms. The van der Waals surface area contributed by atoms with E-state index in [0.717, 1.165) is 10.7 Å². The van der Waals surface area contributed by atoms with E-state index in [1.165, 1.54) is 17.4 Å². The Kier molecular flexibility index (Phi) is 1.78. The standard InChI is InChI=1S/C6H5NOS/c1-5-4-9-6(7-5)2-3-8/h2,4H,1H3. The van der Waals surface area contributed by atoms with Crippen LogP contribution in [0.5, 0.6) is 0 Å². The van der Waals surface area contributed by atoms with Crippen molar-refractivity contribution in [1.29, 1.82) is 0 Å². The molecule has 0 unspecified atom stereocenters. The Morgan fingerprint density at radius 2 is 2.67 bits per heavy atom. The summed E-state index contributed by atoms with van der Waals surface area (Å²) in [5, 5.41) is 2.62. The molecule has 0 aliphatic heterocycles. The zero-order valence-corrected chi connectivity index (χ0v) is 5.73. The van der Waals surface area contributed by atoms with E-state index in [2.05, 4.69) is 4.98 Å². The van der Waals surface area contributed by atoms with Gasteiger partial charge in [-0.05, 0) is 6.92 Å². The van der Waals surface area contributed by atoms with E-state index in [0.29, 0.717) is 0 Å². The summed E-state index contributed by atoms with van der Waals surface area (Å²) < 4.78 is 0. The lowest BCUT2D eigenvalue weighted by Gasteiger charge is -1.72. The van der Waals surface area contributed by atoms with Gasteiger partial charge < -0.3 is 0 Å². The third kappa shape index (κ3) is 1.49. The Morgan fingerprint density at radius 3 is 3.11 bits per heavy atom. The molecular weight excluding hydrogens is 134 g/mol. The Bertz CT molecular complexity index is 247. The second kappa shape index (κ2) is 2.58. The molecule has 0 aromatic carbocycles. The maximum absolute atomic E-state index is 9.77. The van der Waals surface area contributed by atoms with Gasteiger partial charge in [0.05, 0.1) is 6.08 Å². The van der Waals surface area contributed by atoms with Gasteiger partial charge in [0.2, 0.25) is 0 Å². The van der Waals surface area contributed by atoms with Crippen LogP contribution in [0.1, 0.15) is 10.7 Å². The van der Waals surface area contributed by atoms with Crippen LogP contribution in [0.15, 0.2) is 5.38 Å². The Balaban J connectivity index is 2.97. The van der Waals surface area contributed by atoms with Gasteiger partial charge in [-0.1, -0.05) is 0 Å². The minimum Gasteiger partial charge on any atom is -0.241 e. The Labute approximate surface area is 56.9 Å². The molecule has 1 heterocycles. The van der Waals surface area contributed by atoms with Gasteiger partial charge >= 0.3 is 0 Å². The third-order valence-electron chi connectivity index (χ3n) is 0.819. The number of aryl methyl sites for hydroxylation is 1. The van der Waals surface area contributed by atoms with Crippen molar-refractivity contribution in [2.45, 2.75) is 6.92 Å². The van der Waals surface area contributed by atoms with Crippen LogP contribution in [0.4, 0.5) is 0 Å². The van der Waals surface area contributed by atoms with Crippen molar-refractivity contribution < 1.29 is 4.79 Å². The maximum atomic E-state index is 9.77. The van der Waals surface area contributed by atoms with Gasteiger partial charge in [0.1, 0.15) is 10.9 Å². The Hall–Kier alpha value is -0.920. The first-order valence-corrected chi connectivity index (χ1v) is 3.34. The topological polar surface area (TPSA) is 30.0 Å². The van der Waals surface area contributed by atoms with Crippen LogP contribution >= 0.6 is 11.3 Å². The molecule has 1 aromatic heterocycles. The third-order valence-corrected chi connectivity index (χ3v) is 1.73. The highest BCUT2D eigenvalue weighted by atomic mass is 32.1. The second-order valence-corrected chi connectivity index (χ2v) is 2.48. The predicted octanol–water partition coefficient (Wildman–Crippen LogP) is 1.30. The highest BCUT2D eigenvalue weighted by Gasteiger charge is 1.90. The summed E-state index contributed by atoms with van der Waals surface area (Å²) in [4.78, 5) is 13.8. The molecule has 0 spiro atoms. The lowest BCUT2D eigenvalue weighted by molar-refractivity contribution is 0.570. The molecule has 0 N–H and O–H groups in total. The quantitative estimate of drug-likeness (QED) is 0.549. The zero-order valence-electron chi connectivity index (χ0n) is 4.92. The number of thiazole rings is 1. The highest BCUT2D eigenvalue weighted by molar-refractivity contribution is 7.10. The summed E-state index contributed by atoms with van der Waals surface area (Å²) in [6.45, 7) is 1.89. The molecule has 0 atom stereocenters. The van der Waals surface area contributed by atoms with E-state index in [-0.39, 0.29) is 0 Å². The van der Waals surface area contributed by atoms with Crippen molar-refractivity contribution in [3.05, 3.63) is 16.1 Å². The molecule has 0 saturated heterocycles. The number of hydrogen-bond donors (Lipinski definition) is 0. The van der Waals surface area contributed by atoms with Gasteiger partial charge in [-0.3, -0.25) is 0 Å². The predicted molar refractivity (Wildman–Crippen MR) is 37.0 cm³/mol. The van der Waals surface area contributed by atoms with Gasteiger partial charge in [-0.15, -0.1) is 11.3 Å². The van der Waals surface area contributed by atoms with Crippen molar-refractivity contribution in [2.24, 2.45) is 0 Å². The number of rotatable bonds is 1. The molecule has 0 saturated carbocycles. The van der Waals surface area contributed by atoms with Crippen molar-refractivity contribution in [2.75, 3.05) is 0 Å². The van der Waals surface area contributed by atoms with Crippen molar-refractivity contribution >= 4 is 23.4 Å². The van der Waals surface area contributed by atoms with Crippen LogP contribution in [-0.4, -0.2) is 10.9 Å². The van der Waals surface area contributed by atoms with Crippen LogP contribution in [0.25, 0.3) is 6.08 Å². The van der Waals surface area contributed by atoms with Crippen molar-refractivity contribution in [3.63, 3.8) is 0 Å². The normalized spacial score (nSPS) is 8.56. The lowest BCUT2D eigenvalue weighted by atomic mass is 10.6. The van der Waals surface area contributed by atoms with Gasteiger partial charge in [0.15, 0.2) is 0 Å². The largest absolute Gasteiger partial charge is 0.241 e. The summed E-state index contributed by atoms with van der Waals surface area (Å²) in [5.74, 6) is 1.67. The first-order chi connectivity index (χ1) is 4.33. The zero-order chi connectivity index (χ0) is 6.69. The van der Waals surface area contributed by atoms with Crippen LogP contribution in [-0.2, 0) is 4.79 Å². The van der Waals surface area contributed by atoms with Crippen molar-refractivity contribution in [3.8, 4) is 0 Å². The van der Waals surface area contributed by atoms with E-state index in [1.807, 2.05) is 12.3 Å². The minimum atomic E-state index is 0.725. The number of carbonyl (C=O) groups excluding carboxylic acids is 1.